The van der Waals surface area contributed by atoms with Gasteiger partial charge in [-0.15, -0.1) is 0 Å². The summed E-state index contributed by atoms with van der Waals surface area (Å²) in [6.45, 7) is 3.61. The van der Waals surface area contributed by atoms with Crippen molar-refractivity contribution in [2.75, 3.05) is 19.8 Å². The third-order valence-corrected chi connectivity index (χ3v) is 3.68. The fourth-order valence-corrected chi connectivity index (χ4v) is 2.74. The molecular weight excluding hydrogens is 226 g/mol. The lowest BCUT2D eigenvalue weighted by Crippen LogP contribution is -2.50. The van der Waals surface area contributed by atoms with E-state index in [-0.39, 0.29) is 12.6 Å². The molecular formula is C11H15NO3S. The fourth-order valence-electron chi connectivity index (χ4n) is 2.00. The maximum atomic E-state index is 11.1. The number of thiophene rings is 1. The number of carboxylic acids is 1. The Bertz CT molecular complexity index is 352. The van der Waals surface area contributed by atoms with Gasteiger partial charge in [0.05, 0.1) is 13.2 Å². The summed E-state index contributed by atoms with van der Waals surface area (Å²) in [4.78, 5) is 13.1. The number of hydrogen-bond acceptors (Lipinski definition) is 4. The molecule has 0 aromatic carbocycles. The Morgan fingerprint density at radius 2 is 2.56 bits per heavy atom. The SMILES string of the molecule is CC(c1ccsc1)N1CCOCC1C(=O)O. The summed E-state index contributed by atoms with van der Waals surface area (Å²) >= 11 is 1.64. The molecule has 16 heavy (non-hydrogen) atoms. The van der Waals surface area contributed by atoms with Gasteiger partial charge in [0.25, 0.3) is 0 Å². The van der Waals surface area contributed by atoms with Gasteiger partial charge < -0.3 is 9.84 Å². The minimum atomic E-state index is -0.804. The van der Waals surface area contributed by atoms with Gasteiger partial charge in [-0.1, -0.05) is 0 Å². The third kappa shape index (κ3) is 2.26. The van der Waals surface area contributed by atoms with Crippen molar-refractivity contribution in [1.82, 2.24) is 4.90 Å². The lowest BCUT2D eigenvalue weighted by Gasteiger charge is -2.37. The maximum absolute atomic E-state index is 11.1. The molecule has 1 aliphatic rings. The van der Waals surface area contributed by atoms with Gasteiger partial charge in [0.15, 0.2) is 0 Å². The topological polar surface area (TPSA) is 49.8 Å². The van der Waals surface area contributed by atoms with E-state index in [0.717, 1.165) is 0 Å². The number of carbonyl (C=O) groups is 1. The van der Waals surface area contributed by atoms with Crippen molar-refractivity contribution in [1.29, 1.82) is 0 Å². The third-order valence-electron chi connectivity index (χ3n) is 2.98. The average molecular weight is 241 g/mol. The molecule has 0 aliphatic carbocycles. The van der Waals surface area contributed by atoms with Crippen LogP contribution in [0.5, 0.6) is 0 Å². The first-order valence-electron chi connectivity index (χ1n) is 5.28. The zero-order valence-electron chi connectivity index (χ0n) is 9.13. The Balaban J connectivity index is 2.14. The maximum Gasteiger partial charge on any atom is 0.323 e. The van der Waals surface area contributed by atoms with Crippen molar-refractivity contribution in [2.45, 2.75) is 19.0 Å². The van der Waals surface area contributed by atoms with Crippen LogP contribution in [0.3, 0.4) is 0 Å². The largest absolute Gasteiger partial charge is 0.480 e. The summed E-state index contributed by atoms with van der Waals surface area (Å²) in [5, 5.41) is 13.2. The molecule has 88 valence electrons. The fraction of sp³-hybridized carbons (Fsp3) is 0.545. The van der Waals surface area contributed by atoms with Crippen molar-refractivity contribution in [3.8, 4) is 0 Å². The van der Waals surface area contributed by atoms with Gasteiger partial charge in [0.2, 0.25) is 0 Å². The number of carboxylic acid groups (broad SMARTS) is 1. The normalized spacial score (nSPS) is 24.2. The molecule has 0 radical (unpaired) electrons. The van der Waals surface area contributed by atoms with Gasteiger partial charge in [-0.2, -0.15) is 11.3 Å². The Morgan fingerprint density at radius 1 is 1.75 bits per heavy atom. The predicted molar refractivity (Wildman–Crippen MR) is 61.7 cm³/mol. The zero-order valence-corrected chi connectivity index (χ0v) is 9.94. The van der Waals surface area contributed by atoms with Crippen LogP contribution in [0, 0.1) is 0 Å². The van der Waals surface area contributed by atoms with Crippen LogP contribution in [0.4, 0.5) is 0 Å². The minimum absolute atomic E-state index is 0.135. The molecule has 0 bridgehead atoms. The number of hydrogen-bond donors (Lipinski definition) is 1. The number of ether oxygens (including phenoxy) is 1. The smallest absolute Gasteiger partial charge is 0.323 e. The molecule has 2 heterocycles. The highest BCUT2D eigenvalue weighted by Crippen LogP contribution is 2.25. The quantitative estimate of drug-likeness (QED) is 0.873. The first-order chi connectivity index (χ1) is 7.70. The number of rotatable bonds is 3. The summed E-state index contributed by atoms with van der Waals surface area (Å²) in [7, 11) is 0. The second kappa shape index (κ2) is 4.95. The van der Waals surface area contributed by atoms with Crippen molar-refractivity contribution in [3.05, 3.63) is 22.4 Å². The second-order valence-electron chi connectivity index (χ2n) is 3.90. The first-order valence-corrected chi connectivity index (χ1v) is 6.23. The molecule has 1 aromatic heterocycles. The molecule has 2 atom stereocenters. The number of morpholine rings is 1. The highest BCUT2D eigenvalue weighted by atomic mass is 32.1. The van der Waals surface area contributed by atoms with Crippen LogP contribution in [0.15, 0.2) is 16.8 Å². The van der Waals surface area contributed by atoms with E-state index in [1.165, 1.54) is 5.56 Å². The van der Waals surface area contributed by atoms with Crippen molar-refractivity contribution in [3.63, 3.8) is 0 Å². The van der Waals surface area contributed by atoms with E-state index >= 15 is 0 Å². The van der Waals surface area contributed by atoms with Crippen LogP contribution < -0.4 is 0 Å². The Hall–Kier alpha value is -0.910. The molecule has 1 saturated heterocycles. The van der Waals surface area contributed by atoms with Crippen LogP contribution in [-0.4, -0.2) is 41.8 Å². The highest BCUT2D eigenvalue weighted by molar-refractivity contribution is 7.07. The molecule has 0 spiro atoms. The van der Waals surface area contributed by atoms with E-state index in [1.54, 1.807) is 11.3 Å². The summed E-state index contributed by atoms with van der Waals surface area (Å²) in [6, 6.07) is 1.66. The van der Waals surface area contributed by atoms with Crippen LogP contribution >= 0.6 is 11.3 Å². The molecule has 2 rings (SSSR count). The molecule has 1 aromatic rings. The lowest BCUT2D eigenvalue weighted by molar-refractivity contribution is -0.151. The van der Waals surface area contributed by atoms with Crippen LogP contribution in [-0.2, 0) is 9.53 Å². The zero-order chi connectivity index (χ0) is 11.5. The van der Waals surface area contributed by atoms with Crippen molar-refractivity contribution in [2.24, 2.45) is 0 Å². The standard InChI is InChI=1S/C11H15NO3S/c1-8(9-2-5-16-7-9)12-3-4-15-6-10(12)11(13)14/h2,5,7-8,10H,3-4,6H2,1H3,(H,13,14). The molecule has 1 N–H and O–H groups in total. The van der Waals surface area contributed by atoms with E-state index in [2.05, 4.69) is 5.38 Å². The van der Waals surface area contributed by atoms with E-state index < -0.39 is 12.0 Å². The van der Waals surface area contributed by atoms with E-state index in [0.29, 0.717) is 13.2 Å². The van der Waals surface area contributed by atoms with Gasteiger partial charge in [-0.05, 0) is 29.3 Å². The summed E-state index contributed by atoms with van der Waals surface area (Å²) in [5.41, 5.74) is 1.18. The number of aliphatic carboxylic acids is 1. The van der Waals surface area contributed by atoms with Crippen molar-refractivity contribution >= 4 is 17.3 Å². The monoisotopic (exact) mass is 241 g/mol. The van der Waals surface area contributed by atoms with Gasteiger partial charge in [0, 0.05) is 12.6 Å². The molecule has 1 aliphatic heterocycles. The Labute approximate surface area is 98.4 Å². The van der Waals surface area contributed by atoms with Gasteiger partial charge in [-0.25, -0.2) is 0 Å². The lowest BCUT2D eigenvalue weighted by atomic mass is 10.1. The first kappa shape index (κ1) is 11.6. The molecule has 0 amide bonds. The van der Waals surface area contributed by atoms with Crippen LogP contribution in [0.2, 0.25) is 0 Å². The number of nitrogens with zero attached hydrogens (tertiary/aromatic N) is 1. The summed E-state index contributed by atoms with van der Waals surface area (Å²) < 4.78 is 5.22. The van der Waals surface area contributed by atoms with Crippen molar-refractivity contribution < 1.29 is 14.6 Å². The molecule has 0 saturated carbocycles. The summed E-state index contributed by atoms with van der Waals surface area (Å²) in [6.07, 6.45) is 0. The molecule has 1 fully saturated rings. The van der Waals surface area contributed by atoms with Gasteiger partial charge in [-0.3, -0.25) is 9.69 Å². The Kier molecular flexibility index (Phi) is 3.58. The van der Waals surface area contributed by atoms with Gasteiger partial charge in [0.1, 0.15) is 6.04 Å². The molecule has 5 heteroatoms. The van der Waals surface area contributed by atoms with E-state index in [9.17, 15) is 4.79 Å². The van der Waals surface area contributed by atoms with E-state index in [1.807, 2.05) is 23.3 Å². The Morgan fingerprint density at radius 3 is 3.19 bits per heavy atom. The van der Waals surface area contributed by atoms with E-state index in [4.69, 9.17) is 9.84 Å². The summed E-state index contributed by atoms with van der Waals surface area (Å²) in [5.74, 6) is -0.804. The van der Waals surface area contributed by atoms with Crippen LogP contribution in [0.1, 0.15) is 18.5 Å². The highest BCUT2D eigenvalue weighted by Gasteiger charge is 2.32. The van der Waals surface area contributed by atoms with Crippen LogP contribution in [0.25, 0.3) is 0 Å². The molecule has 4 nitrogen and oxygen atoms in total. The second-order valence-corrected chi connectivity index (χ2v) is 4.68. The minimum Gasteiger partial charge on any atom is -0.480 e. The average Bonchev–Trinajstić information content (AvgIpc) is 2.81. The molecule has 2 unspecified atom stereocenters. The van der Waals surface area contributed by atoms with Gasteiger partial charge >= 0.3 is 5.97 Å². The predicted octanol–water partition coefficient (Wildman–Crippen LogP) is 1.59.